The number of aliphatic hydroxyl groups is 1. The van der Waals surface area contributed by atoms with Crippen molar-refractivity contribution in [3.05, 3.63) is 47.9 Å². The first-order chi connectivity index (χ1) is 8.78. The van der Waals surface area contributed by atoms with Crippen LogP contribution in [0.25, 0.3) is 0 Å². The van der Waals surface area contributed by atoms with Gasteiger partial charge in [0.15, 0.2) is 0 Å². The van der Waals surface area contributed by atoms with Crippen molar-refractivity contribution in [2.24, 2.45) is 0 Å². The predicted molar refractivity (Wildman–Crippen MR) is 69.8 cm³/mol. The molecule has 18 heavy (non-hydrogen) atoms. The van der Waals surface area contributed by atoms with E-state index in [9.17, 15) is 0 Å². The van der Waals surface area contributed by atoms with E-state index >= 15 is 0 Å². The number of hydrogen-bond donors (Lipinski definition) is 2. The molecule has 0 aliphatic carbocycles. The molecule has 0 bridgehead atoms. The predicted octanol–water partition coefficient (Wildman–Crippen LogP) is 2.57. The Hall–Kier alpha value is -1.94. The summed E-state index contributed by atoms with van der Waals surface area (Å²) in [6.45, 7) is 2.93. The monoisotopic (exact) mass is 247 g/mol. The molecule has 2 N–H and O–H groups in total. The summed E-state index contributed by atoms with van der Waals surface area (Å²) in [6.07, 6.45) is 0. The molecule has 4 heteroatoms. The Morgan fingerprint density at radius 3 is 2.56 bits per heavy atom. The second kappa shape index (κ2) is 6.12. The van der Waals surface area contributed by atoms with E-state index in [1.807, 2.05) is 43.3 Å². The summed E-state index contributed by atoms with van der Waals surface area (Å²) in [7, 11) is 0. The molecule has 4 nitrogen and oxygen atoms in total. The van der Waals surface area contributed by atoms with Crippen LogP contribution >= 0.6 is 0 Å². The van der Waals surface area contributed by atoms with Crippen LogP contribution in [0, 0.1) is 6.92 Å². The highest BCUT2D eigenvalue weighted by Gasteiger charge is 1.99. The highest BCUT2D eigenvalue weighted by atomic mass is 16.5. The Labute approximate surface area is 106 Å². The van der Waals surface area contributed by atoms with Crippen LogP contribution in [0.4, 0.5) is 5.69 Å². The fourth-order valence-electron chi connectivity index (χ4n) is 1.60. The van der Waals surface area contributed by atoms with Crippen LogP contribution in [0.2, 0.25) is 0 Å². The number of benzene rings is 1. The van der Waals surface area contributed by atoms with Gasteiger partial charge in [-0.25, -0.2) is 0 Å². The maximum absolute atomic E-state index is 8.65. The van der Waals surface area contributed by atoms with Gasteiger partial charge in [0.2, 0.25) is 0 Å². The third-order valence-corrected chi connectivity index (χ3v) is 2.48. The van der Waals surface area contributed by atoms with Crippen LogP contribution in [0.3, 0.4) is 0 Å². The van der Waals surface area contributed by atoms with Gasteiger partial charge < -0.3 is 19.6 Å². The van der Waals surface area contributed by atoms with Crippen molar-refractivity contribution >= 4 is 5.69 Å². The van der Waals surface area contributed by atoms with Gasteiger partial charge in [0.05, 0.1) is 13.2 Å². The fraction of sp³-hybridized carbons (Fsp3) is 0.286. The Kier molecular flexibility index (Phi) is 4.25. The van der Waals surface area contributed by atoms with Crippen LogP contribution in [0.5, 0.6) is 5.75 Å². The van der Waals surface area contributed by atoms with Crippen molar-refractivity contribution in [3.63, 3.8) is 0 Å². The van der Waals surface area contributed by atoms with E-state index in [0.29, 0.717) is 13.2 Å². The Bertz CT molecular complexity index is 476. The molecule has 2 aromatic rings. The van der Waals surface area contributed by atoms with E-state index in [2.05, 4.69) is 5.32 Å². The number of nitrogens with one attached hydrogen (secondary N) is 1. The number of aliphatic hydroxyl groups excluding tert-OH is 1. The minimum Gasteiger partial charge on any atom is -0.491 e. The molecule has 0 amide bonds. The first-order valence-corrected chi connectivity index (χ1v) is 5.91. The molecule has 0 unspecified atom stereocenters. The zero-order chi connectivity index (χ0) is 12.8. The van der Waals surface area contributed by atoms with Crippen molar-refractivity contribution < 1.29 is 14.3 Å². The van der Waals surface area contributed by atoms with Crippen molar-refractivity contribution in [2.45, 2.75) is 13.5 Å². The standard InChI is InChI=1S/C14H17NO3/c1-11-2-5-14(18-11)10-15-12-3-6-13(7-4-12)17-9-8-16/h2-7,15-16H,8-10H2,1H3. The Morgan fingerprint density at radius 1 is 1.17 bits per heavy atom. The number of hydrogen-bond acceptors (Lipinski definition) is 4. The van der Waals surface area contributed by atoms with E-state index in [0.717, 1.165) is 23.0 Å². The van der Waals surface area contributed by atoms with Crippen molar-refractivity contribution in [2.75, 3.05) is 18.5 Å². The minimum absolute atomic E-state index is 0.0256. The highest BCUT2D eigenvalue weighted by Crippen LogP contribution is 2.16. The molecular formula is C14H17NO3. The van der Waals surface area contributed by atoms with Gasteiger partial charge in [-0.1, -0.05) is 0 Å². The second-order valence-corrected chi connectivity index (χ2v) is 3.96. The summed E-state index contributed by atoms with van der Waals surface area (Å²) in [5, 5.41) is 11.9. The van der Waals surface area contributed by atoms with E-state index in [1.165, 1.54) is 0 Å². The number of rotatable bonds is 6. The van der Waals surface area contributed by atoms with Gasteiger partial charge in [-0.2, -0.15) is 0 Å². The first kappa shape index (κ1) is 12.5. The summed E-state index contributed by atoms with van der Waals surface area (Å²) >= 11 is 0. The molecule has 0 saturated heterocycles. The second-order valence-electron chi connectivity index (χ2n) is 3.96. The number of anilines is 1. The van der Waals surface area contributed by atoms with Gasteiger partial charge in [-0.05, 0) is 43.3 Å². The van der Waals surface area contributed by atoms with Gasteiger partial charge in [-0.15, -0.1) is 0 Å². The summed E-state index contributed by atoms with van der Waals surface area (Å²) < 4.78 is 10.7. The molecule has 0 radical (unpaired) electrons. The molecule has 0 fully saturated rings. The lowest BCUT2D eigenvalue weighted by molar-refractivity contribution is 0.201. The third-order valence-electron chi connectivity index (χ3n) is 2.48. The van der Waals surface area contributed by atoms with E-state index < -0.39 is 0 Å². The third kappa shape index (κ3) is 3.53. The molecular weight excluding hydrogens is 230 g/mol. The maximum Gasteiger partial charge on any atom is 0.123 e. The molecule has 1 heterocycles. The number of furan rings is 1. The lowest BCUT2D eigenvalue weighted by Crippen LogP contribution is -2.02. The SMILES string of the molecule is Cc1ccc(CNc2ccc(OCCO)cc2)o1. The zero-order valence-corrected chi connectivity index (χ0v) is 10.3. The van der Waals surface area contributed by atoms with Gasteiger partial charge in [0.25, 0.3) is 0 Å². The molecule has 0 spiro atoms. The quantitative estimate of drug-likeness (QED) is 0.823. The molecule has 0 aliphatic rings. The van der Waals surface area contributed by atoms with Crippen LogP contribution in [0.15, 0.2) is 40.8 Å². The summed E-state index contributed by atoms with van der Waals surface area (Å²) in [6, 6.07) is 11.5. The lowest BCUT2D eigenvalue weighted by Gasteiger charge is -2.07. The lowest BCUT2D eigenvalue weighted by atomic mass is 10.3. The van der Waals surface area contributed by atoms with Crippen molar-refractivity contribution in [1.82, 2.24) is 0 Å². The van der Waals surface area contributed by atoms with Gasteiger partial charge in [0.1, 0.15) is 23.9 Å². The summed E-state index contributed by atoms with van der Waals surface area (Å²) in [5.41, 5.74) is 1.00. The number of aryl methyl sites for hydroxylation is 1. The molecule has 0 atom stereocenters. The topological polar surface area (TPSA) is 54.6 Å². The molecule has 1 aromatic carbocycles. The van der Waals surface area contributed by atoms with Crippen LogP contribution in [-0.2, 0) is 6.54 Å². The fourth-order valence-corrected chi connectivity index (χ4v) is 1.60. The van der Waals surface area contributed by atoms with Crippen LogP contribution in [0.1, 0.15) is 11.5 Å². The Morgan fingerprint density at radius 2 is 1.94 bits per heavy atom. The maximum atomic E-state index is 8.65. The van der Waals surface area contributed by atoms with Crippen LogP contribution < -0.4 is 10.1 Å². The van der Waals surface area contributed by atoms with Crippen molar-refractivity contribution in [3.8, 4) is 5.75 Å². The molecule has 96 valence electrons. The Balaban J connectivity index is 1.86. The average Bonchev–Trinajstić information content (AvgIpc) is 2.81. The molecule has 0 saturated carbocycles. The van der Waals surface area contributed by atoms with Gasteiger partial charge in [-0.3, -0.25) is 0 Å². The van der Waals surface area contributed by atoms with Gasteiger partial charge in [0, 0.05) is 5.69 Å². The molecule has 1 aromatic heterocycles. The summed E-state index contributed by atoms with van der Waals surface area (Å²) in [4.78, 5) is 0. The number of ether oxygens (including phenoxy) is 1. The minimum atomic E-state index is 0.0256. The average molecular weight is 247 g/mol. The van der Waals surface area contributed by atoms with Gasteiger partial charge >= 0.3 is 0 Å². The van der Waals surface area contributed by atoms with E-state index in [1.54, 1.807) is 0 Å². The normalized spacial score (nSPS) is 10.3. The molecule has 2 rings (SSSR count). The van der Waals surface area contributed by atoms with E-state index in [-0.39, 0.29) is 6.61 Å². The highest BCUT2D eigenvalue weighted by molar-refractivity contribution is 5.46. The summed E-state index contributed by atoms with van der Waals surface area (Å²) in [5.74, 6) is 2.58. The van der Waals surface area contributed by atoms with E-state index in [4.69, 9.17) is 14.3 Å². The smallest absolute Gasteiger partial charge is 0.123 e. The zero-order valence-electron chi connectivity index (χ0n) is 10.3. The molecule has 0 aliphatic heterocycles. The van der Waals surface area contributed by atoms with Crippen LogP contribution in [-0.4, -0.2) is 18.3 Å². The first-order valence-electron chi connectivity index (χ1n) is 5.91. The van der Waals surface area contributed by atoms with Crippen molar-refractivity contribution in [1.29, 1.82) is 0 Å². The largest absolute Gasteiger partial charge is 0.491 e.